The molecule has 1 heterocycles. The van der Waals surface area contributed by atoms with E-state index in [1.165, 1.54) is 6.33 Å². The summed E-state index contributed by atoms with van der Waals surface area (Å²) in [6, 6.07) is 0. The second-order valence-electron chi connectivity index (χ2n) is 2.44. The van der Waals surface area contributed by atoms with Gasteiger partial charge in [0, 0.05) is 12.7 Å². The third-order valence-corrected chi connectivity index (χ3v) is 2.17. The van der Waals surface area contributed by atoms with Crippen LogP contribution in [0.25, 0.3) is 0 Å². The maximum absolute atomic E-state index is 9.05. The van der Waals surface area contributed by atoms with Gasteiger partial charge < -0.3 is 15.5 Å². The molecule has 0 aliphatic heterocycles. The van der Waals surface area contributed by atoms with Gasteiger partial charge in [-0.3, -0.25) is 0 Å². The molecule has 6 heteroatoms. The number of anilines is 1. The summed E-state index contributed by atoms with van der Waals surface area (Å²) in [6.45, 7) is 0.0260. The summed E-state index contributed by atoms with van der Waals surface area (Å²) in [4.78, 5) is 7.78. The van der Waals surface area contributed by atoms with E-state index >= 15 is 0 Å². The van der Waals surface area contributed by atoms with Gasteiger partial charge >= 0.3 is 0 Å². The van der Waals surface area contributed by atoms with Crippen LogP contribution in [0.5, 0.6) is 0 Å². The Kier molecular flexibility index (Phi) is 4.33. The fraction of sp³-hybridized carbons (Fsp3) is 0.429. The lowest BCUT2D eigenvalue weighted by atomic mass is 10.4. The van der Waals surface area contributed by atoms with Crippen LogP contribution in [-0.2, 0) is 0 Å². The molecule has 1 atom stereocenters. The minimum Gasteiger partial charge on any atom is -0.394 e. The quantitative estimate of drug-likeness (QED) is 0.673. The molecule has 1 aromatic rings. The van der Waals surface area contributed by atoms with Gasteiger partial charge in [0.1, 0.15) is 12.1 Å². The molecule has 5 nitrogen and oxygen atoms in total. The maximum Gasteiger partial charge on any atom is 0.142 e. The van der Waals surface area contributed by atoms with Crippen LogP contribution in [0.3, 0.4) is 0 Å². The molecule has 0 saturated carbocycles. The average molecular weight is 295 g/mol. The van der Waals surface area contributed by atoms with Crippen LogP contribution in [-0.4, -0.2) is 39.4 Å². The van der Waals surface area contributed by atoms with Crippen LogP contribution in [0.1, 0.15) is 0 Å². The lowest BCUT2D eigenvalue weighted by Crippen LogP contribution is -2.23. The number of nitrogens with zero attached hydrogens (tertiary/aromatic N) is 2. The Morgan fingerprint density at radius 1 is 1.62 bits per heavy atom. The molecule has 0 spiro atoms. The van der Waals surface area contributed by atoms with Crippen LogP contribution in [0.4, 0.5) is 5.82 Å². The summed E-state index contributed by atoms with van der Waals surface area (Å²) in [6.07, 6.45) is 2.34. The summed E-state index contributed by atoms with van der Waals surface area (Å²) in [7, 11) is 0. The first-order chi connectivity index (χ1) is 6.24. The zero-order valence-corrected chi connectivity index (χ0v) is 8.97. The third-order valence-electron chi connectivity index (χ3n) is 1.38. The van der Waals surface area contributed by atoms with E-state index in [-0.39, 0.29) is 13.2 Å². The van der Waals surface area contributed by atoms with Gasteiger partial charge in [0.05, 0.1) is 16.3 Å². The summed E-state index contributed by atoms with van der Waals surface area (Å²) < 4.78 is 0.880. The highest BCUT2D eigenvalue weighted by Gasteiger charge is 2.03. The average Bonchev–Trinajstić information content (AvgIpc) is 2.16. The van der Waals surface area contributed by atoms with Crippen molar-refractivity contribution in [2.24, 2.45) is 0 Å². The molecule has 72 valence electrons. The maximum atomic E-state index is 9.05. The molecule has 0 fully saturated rings. The fourth-order valence-electron chi connectivity index (χ4n) is 0.722. The molecule has 0 aromatic carbocycles. The fourth-order valence-corrected chi connectivity index (χ4v) is 1.21. The molecule has 0 saturated heterocycles. The Hall–Kier alpha value is -0.470. The van der Waals surface area contributed by atoms with Crippen molar-refractivity contribution in [3.8, 4) is 0 Å². The zero-order chi connectivity index (χ0) is 9.68. The van der Waals surface area contributed by atoms with Gasteiger partial charge in [0.2, 0.25) is 0 Å². The molecule has 0 bridgehead atoms. The number of hydrogen-bond donors (Lipinski definition) is 3. The van der Waals surface area contributed by atoms with Crippen molar-refractivity contribution < 1.29 is 10.2 Å². The largest absolute Gasteiger partial charge is 0.394 e. The topological polar surface area (TPSA) is 78.3 Å². The molecule has 1 rings (SSSR count). The molecule has 1 unspecified atom stereocenters. The highest BCUT2D eigenvalue weighted by atomic mass is 127. The van der Waals surface area contributed by atoms with E-state index in [4.69, 9.17) is 10.2 Å². The second-order valence-corrected chi connectivity index (χ2v) is 3.60. The monoisotopic (exact) mass is 295 g/mol. The Balaban J connectivity index is 2.50. The van der Waals surface area contributed by atoms with Gasteiger partial charge in [-0.25, -0.2) is 9.97 Å². The first kappa shape index (κ1) is 10.6. The molecule has 0 amide bonds. The van der Waals surface area contributed by atoms with Gasteiger partial charge in [0.15, 0.2) is 0 Å². The standard InChI is InChI=1S/C7H10IN3O2/c8-6-2-9-4-11-7(6)10-1-5(13)3-12/h2,4-5,12-13H,1,3H2,(H,9,10,11). The van der Waals surface area contributed by atoms with E-state index < -0.39 is 6.10 Å². The third kappa shape index (κ3) is 3.41. The number of aromatic nitrogens is 2. The number of nitrogens with one attached hydrogen (secondary N) is 1. The molecule has 1 aromatic heterocycles. The van der Waals surface area contributed by atoms with Gasteiger partial charge in [0.25, 0.3) is 0 Å². The Morgan fingerprint density at radius 2 is 2.38 bits per heavy atom. The minimum atomic E-state index is -0.759. The normalized spacial score (nSPS) is 12.5. The summed E-state index contributed by atoms with van der Waals surface area (Å²) >= 11 is 2.09. The Labute approximate surface area is 89.4 Å². The predicted molar refractivity (Wildman–Crippen MR) is 56.3 cm³/mol. The highest BCUT2D eigenvalue weighted by molar-refractivity contribution is 14.1. The second kappa shape index (κ2) is 5.30. The smallest absolute Gasteiger partial charge is 0.142 e. The Bertz CT molecular complexity index is 272. The van der Waals surface area contributed by atoms with E-state index in [1.54, 1.807) is 6.20 Å². The van der Waals surface area contributed by atoms with Crippen molar-refractivity contribution >= 4 is 28.4 Å². The molecular weight excluding hydrogens is 285 g/mol. The van der Waals surface area contributed by atoms with Gasteiger partial charge in [-0.1, -0.05) is 0 Å². The predicted octanol–water partition coefficient (Wildman–Crippen LogP) is -0.154. The molecule has 13 heavy (non-hydrogen) atoms. The number of aliphatic hydroxyl groups is 2. The van der Waals surface area contributed by atoms with E-state index in [2.05, 4.69) is 37.9 Å². The van der Waals surface area contributed by atoms with Crippen LogP contribution in [0.15, 0.2) is 12.5 Å². The van der Waals surface area contributed by atoms with Crippen molar-refractivity contribution in [1.29, 1.82) is 0 Å². The highest BCUT2D eigenvalue weighted by Crippen LogP contribution is 2.11. The van der Waals surface area contributed by atoms with Crippen LogP contribution < -0.4 is 5.32 Å². The molecule has 0 radical (unpaired) electrons. The zero-order valence-electron chi connectivity index (χ0n) is 6.81. The SMILES string of the molecule is OCC(O)CNc1ncncc1I. The van der Waals surface area contributed by atoms with Crippen LogP contribution in [0, 0.1) is 3.57 Å². The van der Waals surface area contributed by atoms with Crippen molar-refractivity contribution in [1.82, 2.24) is 9.97 Å². The molecule has 0 aliphatic rings. The summed E-state index contributed by atoms with van der Waals surface area (Å²) in [5, 5.41) is 20.5. The first-order valence-electron chi connectivity index (χ1n) is 3.72. The van der Waals surface area contributed by atoms with E-state index in [1.807, 2.05) is 0 Å². The lowest BCUT2D eigenvalue weighted by Gasteiger charge is -2.09. The van der Waals surface area contributed by atoms with Crippen LogP contribution >= 0.6 is 22.6 Å². The van der Waals surface area contributed by atoms with E-state index in [0.717, 1.165) is 3.57 Å². The van der Waals surface area contributed by atoms with Crippen molar-refractivity contribution in [3.63, 3.8) is 0 Å². The van der Waals surface area contributed by atoms with Crippen molar-refractivity contribution in [2.75, 3.05) is 18.5 Å². The first-order valence-corrected chi connectivity index (χ1v) is 4.80. The number of aliphatic hydroxyl groups excluding tert-OH is 2. The van der Waals surface area contributed by atoms with Crippen LogP contribution in [0.2, 0.25) is 0 Å². The van der Waals surface area contributed by atoms with E-state index in [9.17, 15) is 0 Å². The van der Waals surface area contributed by atoms with E-state index in [0.29, 0.717) is 5.82 Å². The summed E-state index contributed by atoms with van der Waals surface area (Å²) in [5.41, 5.74) is 0. The minimum absolute atomic E-state index is 0.255. The summed E-state index contributed by atoms with van der Waals surface area (Å²) in [5.74, 6) is 0.670. The number of rotatable bonds is 4. The molecular formula is C7H10IN3O2. The molecule has 0 aliphatic carbocycles. The Morgan fingerprint density at radius 3 is 3.00 bits per heavy atom. The number of hydrogen-bond acceptors (Lipinski definition) is 5. The van der Waals surface area contributed by atoms with Gasteiger partial charge in [-0.2, -0.15) is 0 Å². The lowest BCUT2D eigenvalue weighted by molar-refractivity contribution is 0.105. The van der Waals surface area contributed by atoms with Gasteiger partial charge in [-0.05, 0) is 22.6 Å². The van der Waals surface area contributed by atoms with Gasteiger partial charge in [-0.15, -0.1) is 0 Å². The number of halogens is 1. The molecule has 3 N–H and O–H groups in total. The van der Waals surface area contributed by atoms with Crippen molar-refractivity contribution in [3.05, 3.63) is 16.1 Å². The van der Waals surface area contributed by atoms with Crippen molar-refractivity contribution in [2.45, 2.75) is 6.10 Å².